The number of amides is 1. The van der Waals surface area contributed by atoms with Crippen LogP contribution in [-0.4, -0.2) is 36.7 Å². The van der Waals surface area contributed by atoms with Crippen molar-refractivity contribution in [2.45, 2.75) is 6.42 Å². The molecule has 0 unspecified atom stereocenters. The van der Waals surface area contributed by atoms with Crippen LogP contribution in [0, 0.1) is 0 Å². The van der Waals surface area contributed by atoms with Gasteiger partial charge in [-0.1, -0.05) is 36.9 Å². The van der Waals surface area contributed by atoms with Crippen LogP contribution >= 0.6 is 11.8 Å². The number of allylic oxidation sites excluding steroid dienone is 1. The lowest BCUT2D eigenvalue weighted by atomic mass is 10.0. The van der Waals surface area contributed by atoms with Gasteiger partial charge in [0.2, 0.25) is 0 Å². The number of carbonyl (C=O) groups excluding carboxylic acids is 1. The SMILES string of the molecule is C=CCOc1c(CC=C)cc(/C=C2/SC(=Nc3ccccc3)N(C)C2=O)cc1OC. The minimum Gasteiger partial charge on any atom is -0.493 e. The van der Waals surface area contributed by atoms with Crippen LogP contribution in [0.15, 0.2) is 77.7 Å². The van der Waals surface area contributed by atoms with Crippen molar-refractivity contribution in [3.63, 3.8) is 0 Å². The fraction of sp³-hybridized carbons (Fsp3) is 0.167. The summed E-state index contributed by atoms with van der Waals surface area (Å²) in [6, 6.07) is 13.4. The van der Waals surface area contributed by atoms with Crippen molar-refractivity contribution in [2.24, 2.45) is 4.99 Å². The van der Waals surface area contributed by atoms with Crippen LogP contribution in [-0.2, 0) is 11.2 Å². The van der Waals surface area contributed by atoms with Gasteiger partial charge in [0, 0.05) is 12.6 Å². The molecule has 0 atom stereocenters. The molecule has 5 nitrogen and oxygen atoms in total. The Morgan fingerprint density at radius 2 is 1.93 bits per heavy atom. The number of hydrogen-bond acceptors (Lipinski definition) is 5. The summed E-state index contributed by atoms with van der Waals surface area (Å²) in [7, 11) is 3.33. The summed E-state index contributed by atoms with van der Waals surface area (Å²) in [5.74, 6) is 1.17. The summed E-state index contributed by atoms with van der Waals surface area (Å²) in [5, 5.41) is 0.640. The van der Waals surface area contributed by atoms with Gasteiger partial charge in [0.15, 0.2) is 16.7 Å². The van der Waals surface area contributed by atoms with Gasteiger partial charge in [-0.2, -0.15) is 0 Å². The van der Waals surface area contributed by atoms with Crippen molar-refractivity contribution in [3.05, 3.63) is 83.8 Å². The second-order valence-corrected chi connectivity index (χ2v) is 7.52. The number of carbonyl (C=O) groups is 1. The first kappa shape index (κ1) is 21.5. The summed E-state index contributed by atoms with van der Waals surface area (Å²) in [4.78, 5) is 19.5. The smallest absolute Gasteiger partial charge is 0.266 e. The van der Waals surface area contributed by atoms with Crippen LogP contribution in [0.1, 0.15) is 11.1 Å². The number of hydrogen-bond donors (Lipinski definition) is 0. The molecular formula is C24H24N2O3S. The third-order valence-electron chi connectivity index (χ3n) is 4.37. The number of likely N-dealkylation sites (N-methyl/N-ethyl adjacent to an activating group) is 1. The Labute approximate surface area is 181 Å². The Bertz CT molecular complexity index is 1010. The van der Waals surface area contributed by atoms with Gasteiger partial charge in [0.25, 0.3) is 5.91 Å². The number of aliphatic imine (C=N–C) groups is 1. The van der Waals surface area contributed by atoms with Gasteiger partial charge in [-0.05, 0) is 54.1 Å². The maximum Gasteiger partial charge on any atom is 0.266 e. The van der Waals surface area contributed by atoms with Gasteiger partial charge < -0.3 is 9.47 Å². The Morgan fingerprint density at radius 1 is 1.17 bits per heavy atom. The second kappa shape index (κ2) is 9.98. The van der Waals surface area contributed by atoms with Gasteiger partial charge in [-0.15, -0.1) is 6.58 Å². The minimum absolute atomic E-state index is 0.0918. The van der Waals surface area contributed by atoms with Crippen LogP contribution in [0.3, 0.4) is 0 Å². The molecule has 0 aliphatic carbocycles. The van der Waals surface area contributed by atoms with E-state index in [1.54, 1.807) is 31.2 Å². The molecule has 6 heteroatoms. The monoisotopic (exact) mass is 420 g/mol. The zero-order valence-corrected chi connectivity index (χ0v) is 17.9. The Morgan fingerprint density at radius 3 is 2.60 bits per heavy atom. The number of methoxy groups -OCH3 is 1. The molecule has 1 fully saturated rings. The maximum atomic E-state index is 12.8. The van der Waals surface area contributed by atoms with E-state index in [4.69, 9.17) is 9.47 Å². The normalized spacial score (nSPS) is 16.2. The number of amidine groups is 1. The molecule has 154 valence electrons. The highest BCUT2D eigenvalue weighted by Gasteiger charge is 2.30. The topological polar surface area (TPSA) is 51.1 Å². The third kappa shape index (κ3) is 4.83. The summed E-state index contributed by atoms with van der Waals surface area (Å²) >= 11 is 1.35. The Hall–Kier alpha value is -3.25. The molecule has 0 aromatic heterocycles. The molecule has 0 bridgehead atoms. The van der Waals surface area contributed by atoms with Crippen molar-refractivity contribution in [1.29, 1.82) is 0 Å². The van der Waals surface area contributed by atoms with E-state index in [9.17, 15) is 4.79 Å². The standard InChI is InChI=1S/C24H24N2O3S/c1-5-10-18-14-17(15-20(28-4)22(18)29-13-6-2)16-21-23(27)26(3)24(30-21)25-19-11-8-7-9-12-19/h5-9,11-12,14-16H,1-2,10,13H2,3-4H3/b21-16+,25-24?. The molecule has 1 aliphatic heterocycles. The fourth-order valence-electron chi connectivity index (χ4n) is 2.95. The Kier molecular flexibility index (Phi) is 7.14. The van der Waals surface area contributed by atoms with Crippen LogP contribution < -0.4 is 9.47 Å². The summed E-state index contributed by atoms with van der Waals surface area (Å²) in [6.45, 7) is 7.89. The quantitative estimate of drug-likeness (QED) is 0.434. The van der Waals surface area contributed by atoms with Crippen LogP contribution in [0.4, 0.5) is 5.69 Å². The largest absolute Gasteiger partial charge is 0.493 e. The van der Waals surface area contributed by atoms with Crippen LogP contribution in [0.5, 0.6) is 11.5 Å². The highest BCUT2D eigenvalue weighted by atomic mass is 32.2. The maximum absolute atomic E-state index is 12.8. The summed E-state index contributed by atoms with van der Waals surface area (Å²) < 4.78 is 11.3. The predicted molar refractivity (Wildman–Crippen MR) is 124 cm³/mol. The van der Waals surface area contributed by atoms with E-state index in [2.05, 4.69) is 18.2 Å². The molecule has 1 aliphatic rings. The highest BCUT2D eigenvalue weighted by molar-refractivity contribution is 8.18. The van der Waals surface area contributed by atoms with Crippen molar-refractivity contribution >= 4 is 34.6 Å². The second-order valence-electron chi connectivity index (χ2n) is 6.51. The predicted octanol–water partition coefficient (Wildman–Crippen LogP) is 5.22. The lowest BCUT2D eigenvalue weighted by Gasteiger charge is -2.15. The first-order chi connectivity index (χ1) is 14.6. The molecule has 30 heavy (non-hydrogen) atoms. The van der Waals surface area contributed by atoms with Crippen molar-refractivity contribution < 1.29 is 14.3 Å². The molecule has 1 saturated heterocycles. The van der Waals surface area contributed by atoms with Crippen molar-refractivity contribution in [2.75, 3.05) is 20.8 Å². The molecule has 2 aromatic rings. The molecule has 0 radical (unpaired) electrons. The van der Waals surface area contributed by atoms with Crippen LogP contribution in [0.2, 0.25) is 0 Å². The first-order valence-electron chi connectivity index (χ1n) is 9.44. The van der Waals surface area contributed by atoms with E-state index in [-0.39, 0.29) is 5.91 Å². The number of benzene rings is 2. The van der Waals surface area contributed by atoms with Gasteiger partial charge in [-0.3, -0.25) is 9.69 Å². The Balaban J connectivity index is 1.96. The van der Waals surface area contributed by atoms with Crippen LogP contribution in [0.25, 0.3) is 6.08 Å². The average Bonchev–Trinajstić information content (AvgIpc) is 3.01. The average molecular weight is 421 g/mol. The van der Waals surface area contributed by atoms with Gasteiger partial charge >= 0.3 is 0 Å². The third-order valence-corrected chi connectivity index (χ3v) is 5.43. The number of thioether (sulfide) groups is 1. The zero-order valence-electron chi connectivity index (χ0n) is 17.1. The van der Waals surface area contributed by atoms with E-state index in [0.717, 1.165) is 16.8 Å². The van der Waals surface area contributed by atoms with E-state index in [0.29, 0.717) is 34.6 Å². The lowest BCUT2D eigenvalue weighted by molar-refractivity contribution is -0.121. The highest BCUT2D eigenvalue weighted by Crippen LogP contribution is 2.37. The van der Waals surface area contributed by atoms with Gasteiger partial charge in [-0.25, -0.2) is 4.99 Å². The molecule has 1 amide bonds. The van der Waals surface area contributed by atoms with E-state index in [1.807, 2.05) is 48.5 Å². The molecule has 0 N–H and O–H groups in total. The molecule has 1 heterocycles. The molecule has 3 rings (SSSR count). The zero-order chi connectivity index (χ0) is 21.5. The number of nitrogens with zero attached hydrogens (tertiary/aromatic N) is 2. The minimum atomic E-state index is -0.0918. The molecule has 2 aromatic carbocycles. The summed E-state index contributed by atoms with van der Waals surface area (Å²) in [6.07, 6.45) is 5.95. The van der Waals surface area contributed by atoms with E-state index in [1.165, 1.54) is 11.8 Å². The van der Waals surface area contributed by atoms with Crippen molar-refractivity contribution in [1.82, 2.24) is 4.90 Å². The first-order valence-corrected chi connectivity index (χ1v) is 10.3. The fourth-order valence-corrected chi connectivity index (χ4v) is 3.93. The van der Waals surface area contributed by atoms with Gasteiger partial charge in [0.1, 0.15) is 6.61 Å². The van der Waals surface area contributed by atoms with Crippen molar-refractivity contribution in [3.8, 4) is 11.5 Å². The number of rotatable bonds is 8. The number of para-hydroxylation sites is 1. The van der Waals surface area contributed by atoms with E-state index >= 15 is 0 Å². The number of ether oxygens (including phenoxy) is 2. The van der Waals surface area contributed by atoms with Gasteiger partial charge in [0.05, 0.1) is 17.7 Å². The summed E-state index contributed by atoms with van der Waals surface area (Å²) in [5.41, 5.74) is 2.58. The lowest BCUT2D eigenvalue weighted by Crippen LogP contribution is -2.23. The van der Waals surface area contributed by atoms with E-state index < -0.39 is 0 Å². The molecule has 0 spiro atoms. The molecular weight excluding hydrogens is 396 g/mol. The molecule has 0 saturated carbocycles.